The van der Waals surface area contributed by atoms with Gasteiger partial charge in [-0.3, -0.25) is 4.79 Å². The molecule has 2 aromatic carbocycles. The van der Waals surface area contributed by atoms with Crippen LogP contribution in [0.5, 0.6) is 5.75 Å². The van der Waals surface area contributed by atoms with E-state index in [1.807, 2.05) is 37.3 Å². The van der Waals surface area contributed by atoms with E-state index < -0.39 is 24.5 Å². The maximum Gasteiger partial charge on any atom is 0.344 e. The molecule has 1 aliphatic heterocycles. The molecule has 0 aliphatic carbocycles. The Hall–Kier alpha value is -3.87. The molecular formula is C24H22N2O5. The second-order valence-corrected chi connectivity index (χ2v) is 7.15. The lowest BCUT2D eigenvalue weighted by Crippen LogP contribution is -2.32. The highest BCUT2D eigenvalue weighted by Crippen LogP contribution is 2.33. The fourth-order valence-electron chi connectivity index (χ4n) is 3.27. The van der Waals surface area contributed by atoms with E-state index in [0.29, 0.717) is 17.9 Å². The van der Waals surface area contributed by atoms with E-state index >= 15 is 0 Å². The van der Waals surface area contributed by atoms with Crippen LogP contribution in [-0.4, -0.2) is 35.8 Å². The summed E-state index contributed by atoms with van der Waals surface area (Å²) in [6.07, 6.45) is 2.07. The normalized spacial score (nSPS) is 15.5. The van der Waals surface area contributed by atoms with Gasteiger partial charge in [0.15, 0.2) is 13.2 Å². The molecule has 1 aliphatic rings. The molecule has 1 aromatic heterocycles. The van der Waals surface area contributed by atoms with Crippen molar-refractivity contribution in [1.82, 2.24) is 5.01 Å². The van der Waals surface area contributed by atoms with E-state index in [-0.39, 0.29) is 6.61 Å². The van der Waals surface area contributed by atoms with Gasteiger partial charge in [0.1, 0.15) is 17.6 Å². The molecule has 0 saturated carbocycles. The molecule has 31 heavy (non-hydrogen) atoms. The summed E-state index contributed by atoms with van der Waals surface area (Å²) in [4.78, 5) is 24.8. The van der Waals surface area contributed by atoms with E-state index in [1.54, 1.807) is 42.7 Å². The minimum atomic E-state index is -0.631. The van der Waals surface area contributed by atoms with Gasteiger partial charge in [0.05, 0.1) is 12.0 Å². The molecule has 0 saturated heterocycles. The fraction of sp³-hybridized carbons (Fsp3) is 0.208. The molecule has 1 atom stereocenters. The van der Waals surface area contributed by atoms with Crippen LogP contribution < -0.4 is 4.74 Å². The minimum Gasteiger partial charge on any atom is -0.482 e. The zero-order valence-corrected chi connectivity index (χ0v) is 17.1. The van der Waals surface area contributed by atoms with Crippen molar-refractivity contribution in [2.24, 2.45) is 5.10 Å². The summed E-state index contributed by atoms with van der Waals surface area (Å²) in [6, 6.07) is 20.0. The summed E-state index contributed by atoms with van der Waals surface area (Å²) in [5.74, 6) is 0.110. The Morgan fingerprint density at radius 2 is 1.81 bits per heavy atom. The molecule has 0 fully saturated rings. The number of carbonyl (C=O) groups excluding carboxylic acids is 2. The van der Waals surface area contributed by atoms with Gasteiger partial charge in [0.25, 0.3) is 5.91 Å². The molecule has 0 N–H and O–H groups in total. The first kappa shape index (κ1) is 20.4. The number of furan rings is 1. The molecule has 0 spiro atoms. The van der Waals surface area contributed by atoms with E-state index in [2.05, 4.69) is 5.10 Å². The first-order valence-electron chi connectivity index (χ1n) is 9.93. The predicted octanol–water partition coefficient (Wildman–Crippen LogP) is 3.89. The summed E-state index contributed by atoms with van der Waals surface area (Å²) in [6.45, 7) is 1.30. The molecule has 4 rings (SSSR count). The van der Waals surface area contributed by atoms with Crippen LogP contribution in [0.15, 0.2) is 82.5 Å². The highest BCUT2D eigenvalue weighted by molar-refractivity contribution is 6.03. The smallest absolute Gasteiger partial charge is 0.344 e. The minimum absolute atomic E-state index is 0.281. The number of hydrazone groups is 1. The van der Waals surface area contributed by atoms with Gasteiger partial charge < -0.3 is 13.9 Å². The van der Waals surface area contributed by atoms with Crippen LogP contribution in [0.1, 0.15) is 29.3 Å². The second-order valence-electron chi connectivity index (χ2n) is 7.15. The van der Waals surface area contributed by atoms with E-state index in [0.717, 1.165) is 16.8 Å². The highest BCUT2D eigenvalue weighted by Gasteiger charge is 2.35. The largest absolute Gasteiger partial charge is 0.482 e. The number of ether oxygens (including phenoxy) is 2. The van der Waals surface area contributed by atoms with E-state index in [1.165, 1.54) is 5.01 Å². The molecule has 2 heterocycles. The summed E-state index contributed by atoms with van der Waals surface area (Å²) in [5.41, 5.74) is 2.85. The van der Waals surface area contributed by atoms with Gasteiger partial charge in [-0.05, 0) is 36.8 Å². The Labute approximate surface area is 179 Å². The summed E-state index contributed by atoms with van der Waals surface area (Å²) < 4.78 is 16.0. The summed E-state index contributed by atoms with van der Waals surface area (Å²) in [7, 11) is 0. The molecule has 0 unspecified atom stereocenters. The maximum absolute atomic E-state index is 12.8. The van der Waals surface area contributed by atoms with Gasteiger partial charge in [-0.1, -0.05) is 48.0 Å². The number of hydrogen-bond donors (Lipinski definition) is 0. The molecule has 3 aromatic rings. The number of rotatable bonds is 7. The third-order valence-electron chi connectivity index (χ3n) is 4.88. The van der Waals surface area contributed by atoms with Crippen LogP contribution in [-0.2, 0) is 14.3 Å². The Bertz CT molecular complexity index is 1060. The molecule has 7 heteroatoms. The van der Waals surface area contributed by atoms with Crippen molar-refractivity contribution in [1.29, 1.82) is 0 Å². The fourth-order valence-corrected chi connectivity index (χ4v) is 3.27. The number of carbonyl (C=O) groups is 2. The monoisotopic (exact) mass is 418 g/mol. The first-order chi connectivity index (χ1) is 15.1. The van der Waals surface area contributed by atoms with Gasteiger partial charge in [-0.25, -0.2) is 9.80 Å². The molecule has 0 bridgehead atoms. The Morgan fingerprint density at radius 1 is 1.03 bits per heavy atom. The Morgan fingerprint density at radius 3 is 2.52 bits per heavy atom. The van der Waals surface area contributed by atoms with Crippen LogP contribution in [0.3, 0.4) is 0 Å². The van der Waals surface area contributed by atoms with Crippen molar-refractivity contribution in [3.8, 4) is 5.75 Å². The quantitative estimate of drug-likeness (QED) is 0.544. The number of nitrogens with zero attached hydrogens (tertiary/aromatic N) is 2. The summed E-state index contributed by atoms with van der Waals surface area (Å²) in [5, 5.41) is 5.85. The van der Waals surface area contributed by atoms with E-state index in [4.69, 9.17) is 13.9 Å². The molecular weight excluding hydrogens is 396 g/mol. The van der Waals surface area contributed by atoms with Gasteiger partial charge in [0, 0.05) is 6.42 Å². The lowest BCUT2D eigenvalue weighted by Gasteiger charge is -2.19. The van der Waals surface area contributed by atoms with Crippen molar-refractivity contribution in [2.45, 2.75) is 19.4 Å². The van der Waals surface area contributed by atoms with Crippen molar-refractivity contribution in [2.75, 3.05) is 13.2 Å². The molecule has 158 valence electrons. The standard InChI is InChI=1S/C24H22N2O5/c1-17-9-11-18(12-10-17)20-14-21(22-8-5-13-29-22)26(25-20)23(27)15-31-24(28)16-30-19-6-3-2-4-7-19/h2-13,21H,14-16H2,1H3/t21-/m0/s1. The van der Waals surface area contributed by atoms with Crippen molar-refractivity contribution in [3.63, 3.8) is 0 Å². The van der Waals surface area contributed by atoms with Crippen LogP contribution in [0.4, 0.5) is 0 Å². The van der Waals surface area contributed by atoms with Crippen LogP contribution >= 0.6 is 0 Å². The third-order valence-corrected chi connectivity index (χ3v) is 4.88. The van der Waals surface area contributed by atoms with Crippen LogP contribution in [0.25, 0.3) is 0 Å². The average molecular weight is 418 g/mol. The number of esters is 1. The molecule has 1 amide bonds. The number of para-hydroxylation sites is 1. The number of aryl methyl sites for hydroxylation is 1. The predicted molar refractivity (Wildman–Crippen MR) is 114 cm³/mol. The zero-order valence-electron chi connectivity index (χ0n) is 17.1. The topological polar surface area (TPSA) is 81.3 Å². The number of amides is 1. The third kappa shape index (κ3) is 5.01. The zero-order chi connectivity index (χ0) is 21.6. The molecule has 7 nitrogen and oxygen atoms in total. The van der Waals surface area contributed by atoms with Crippen molar-refractivity contribution >= 4 is 17.6 Å². The Balaban J connectivity index is 1.41. The van der Waals surface area contributed by atoms with Crippen molar-refractivity contribution < 1.29 is 23.5 Å². The number of benzene rings is 2. The molecule has 0 radical (unpaired) electrons. The SMILES string of the molecule is Cc1ccc(C2=NN(C(=O)COC(=O)COc3ccccc3)[C@H](c3ccco3)C2)cc1. The highest BCUT2D eigenvalue weighted by atomic mass is 16.6. The Kier molecular flexibility index (Phi) is 6.12. The first-order valence-corrected chi connectivity index (χ1v) is 9.93. The van der Waals surface area contributed by atoms with Gasteiger partial charge >= 0.3 is 5.97 Å². The van der Waals surface area contributed by atoms with Gasteiger partial charge in [-0.15, -0.1) is 0 Å². The van der Waals surface area contributed by atoms with Crippen LogP contribution in [0, 0.1) is 6.92 Å². The van der Waals surface area contributed by atoms with Gasteiger partial charge in [-0.2, -0.15) is 5.10 Å². The maximum atomic E-state index is 12.8. The summed E-state index contributed by atoms with van der Waals surface area (Å²) >= 11 is 0. The average Bonchev–Trinajstić information content (AvgIpc) is 3.47. The lowest BCUT2D eigenvalue weighted by molar-refractivity contribution is -0.154. The second kappa shape index (κ2) is 9.30. The van der Waals surface area contributed by atoms with Crippen LogP contribution in [0.2, 0.25) is 0 Å². The lowest BCUT2D eigenvalue weighted by atomic mass is 10.0. The number of hydrogen-bond acceptors (Lipinski definition) is 6. The van der Waals surface area contributed by atoms with Crippen molar-refractivity contribution in [3.05, 3.63) is 89.9 Å². The van der Waals surface area contributed by atoms with Gasteiger partial charge in [0.2, 0.25) is 0 Å². The van der Waals surface area contributed by atoms with E-state index in [9.17, 15) is 9.59 Å².